The number of primary amides is 1. The summed E-state index contributed by atoms with van der Waals surface area (Å²) in [5, 5.41) is 2.73. The first-order chi connectivity index (χ1) is 12.1. The first-order valence-corrected chi connectivity index (χ1v) is 9.80. The molecule has 0 fully saturated rings. The Morgan fingerprint density at radius 2 is 1.58 bits per heavy atom. The van der Waals surface area contributed by atoms with Crippen molar-refractivity contribution < 1.29 is 9.59 Å². The van der Waals surface area contributed by atoms with Crippen molar-refractivity contribution in [1.29, 1.82) is 0 Å². The Morgan fingerprint density at radius 3 is 2.04 bits per heavy atom. The Balaban J connectivity index is 2.14. The third-order valence-electron chi connectivity index (χ3n) is 4.03. The molecule has 0 bridgehead atoms. The maximum absolute atomic E-state index is 12.5. The lowest BCUT2D eigenvalue weighted by atomic mass is 9.86. The zero-order valence-corrected chi connectivity index (χ0v) is 18.1. The van der Waals surface area contributed by atoms with Gasteiger partial charge in [0, 0.05) is 20.9 Å². The number of amides is 2. The largest absolute Gasteiger partial charge is 0.368 e. The number of nitrogens with one attached hydrogen (secondary N) is 1. The normalized spacial score (nSPS) is 12.5. The number of rotatable bonds is 5. The van der Waals surface area contributed by atoms with Crippen LogP contribution in [0.2, 0.25) is 0 Å². The Bertz CT molecular complexity index is 791. The molecule has 0 saturated carbocycles. The second-order valence-electron chi connectivity index (χ2n) is 7.24. The van der Waals surface area contributed by atoms with Crippen molar-refractivity contribution in [2.24, 2.45) is 5.73 Å². The summed E-state index contributed by atoms with van der Waals surface area (Å²) < 4.78 is 1.54. The van der Waals surface area contributed by atoms with Crippen LogP contribution in [-0.4, -0.2) is 17.9 Å². The van der Waals surface area contributed by atoms with Crippen LogP contribution in [0.25, 0.3) is 0 Å². The van der Waals surface area contributed by atoms with Crippen molar-refractivity contribution >= 4 is 43.7 Å². The van der Waals surface area contributed by atoms with Crippen molar-refractivity contribution in [3.63, 3.8) is 0 Å². The Hall–Kier alpha value is -1.66. The van der Waals surface area contributed by atoms with Gasteiger partial charge in [0.25, 0.3) is 5.91 Å². The molecular weight excluding hydrogens is 460 g/mol. The maximum Gasteiger partial charge on any atom is 0.252 e. The number of nitrogens with two attached hydrogens (primary N) is 1. The van der Waals surface area contributed by atoms with Gasteiger partial charge >= 0.3 is 0 Å². The summed E-state index contributed by atoms with van der Waals surface area (Å²) in [5.41, 5.74) is 8.15. The summed E-state index contributed by atoms with van der Waals surface area (Å²) in [6.07, 6.45) is 0.348. The smallest absolute Gasteiger partial charge is 0.252 e. The van der Waals surface area contributed by atoms with Crippen molar-refractivity contribution in [2.75, 3.05) is 0 Å². The van der Waals surface area contributed by atoms with Crippen LogP contribution < -0.4 is 11.1 Å². The molecule has 3 N–H and O–H groups in total. The summed E-state index contributed by atoms with van der Waals surface area (Å²) in [6, 6.07) is 12.5. The quantitative estimate of drug-likeness (QED) is 0.666. The minimum atomic E-state index is -0.777. The Labute approximate surface area is 170 Å². The first-order valence-electron chi connectivity index (χ1n) is 8.22. The van der Waals surface area contributed by atoms with Gasteiger partial charge in [0.15, 0.2) is 0 Å². The molecule has 0 aliphatic heterocycles. The lowest BCUT2D eigenvalue weighted by Crippen LogP contribution is -2.45. The van der Waals surface area contributed by atoms with Crippen LogP contribution in [0.4, 0.5) is 0 Å². The van der Waals surface area contributed by atoms with Gasteiger partial charge in [-0.15, -0.1) is 0 Å². The highest BCUT2D eigenvalue weighted by atomic mass is 79.9. The zero-order chi connectivity index (χ0) is 19.5. The summed E-state index contributed by atoms with van der Waals surface area (Å²) in [7, 11) is 0. The molecule has 1 atom stereocenters. The summed E-state index contributed by atoms with van der Waals surface area (Å²) in [5.74, 6) is -0.908. The van der Waals surface area contributed by atoms with Gasteiger partial charge in [0.05, 0.1) is 0 Å². The molecule has 6 heteroatoms. The van der Waals surface area contributed by atoms with Crippen LogP contribution in [0.15, 0.2) is 51.4 Å². The Kier molecular flexibility index (Phi) is 6.64. The van der Waals surface area contributed by atoms with Gasteiger partial charge in [0.2, 0.25) is 5.91 Å². The van der Waals surface area contributed by atoms with Gasteiger partial charge in [-0.3, -0.25) is 9.59 Å². The highest BCUT2D eigenvalue weighted by molar-refractivity contribution is 9.11. The van der Waals surface area contributed by atoms with E-state index in [4.69, 9.17) is 5.73 Å². The Morgan fingerprint density at radius 1 is 1.04 bits per heavy atom. The van der Waals surface area contributed by atoms with Gasteiger partial charge in [-0.25, -0.2) is 0 Å². The van der Waals surface area contributed by atoms with Gasteiger partial charge in [-0.2, -0.15) is 0 Å². The highest BCUT2D eigenvalue weighted by Gasteiger charge is 2.20. The summed E-state index contributed by atoms with van der Waals surface area (Å²) in [4.78, 5) is 24.3. The standard InChI is InChI=1S/C20H22Br2N2O2/c1-20(2,3)14-6-4-12(5-7-14)8-17(18(23)25)24-19(26)13-9-15(21)11-16(22)10-13/h4-7,9-11,17H,8H2,1-3H3,(H2,23,25)(H,24,26)/t17-/m0/s1. The molecule has 4 nitrogen and oxygen atoms in total. The van der Waals surface area contributed by atoms with Gasteiger partial charge < -0.3 is 11.1 Å². The minimum Gasteiger partial charge on any atom is -0.368 e. The van der Waals surface area contributed by atoms with Gasteiger partial charge in [0.1, 0.15) is 6.04 Å². The fraction of sp³-hybridized carbons (Fsp3) is 0.300. The monoisotopic (exact) mass is 480 g/mol. The van der Waals surface area contributed by atoms with E-state index in [2.05, 4.69) is 57.9 Å². The lowest BCUT2D eigenvalue weighted by molar-refractivity contribution is -0.119. The third kappa shape index (κ3) is 5.68. The van der Waals surface area contributed by atoms with Crippen LogP contribution in [0.5, 0.6) is 0 Å². The first kappa shape index (κ1) is 20.6. The SMILES string of the molecule is CC(C)(C)c1ccc(C[C@H](NC(=O)c2cc(Br)cc(Br)c2)C(N)=O)cc1. The highest BCUT2D eigenvalue weighted by Crippen LogP contribution is 2.23. The van der Waals surface area contributed by atoms with E-state index in [-0.39, 0.29) is 11.3 Å². The molecule has 0 aromatic heterocycles. The van der Waals surface area contributed by atoms with E-state index in [1.165, 1.54) is 5.56 Å². The molecule has 2 aromatic carbocycles. The van der Waals surface area contributed by atoms with E-state index >= 15 is 0 Å². The van der Waals surface area contributed by atoms with E-state index in [0.29, 0.717) is 12.0 Å². The average molecular weight is 482 g/mol. The molecule has 0 unspecified atom stereocenters. The van der Waals surface area contributed by atoms with Gasteiger partial charge in [-0.1, -0.05) is 76.9 Å². The third-order valence-corrected chi connectivity index (χ3v) is 4.95. The van der Waals surface area contributed by atoms with Crippen LogP contribution in [0.1, 0.15) is 42.3 Å². The molecule has 0 heterocycles. The minimum absolute atomic E-state index is 0.0594. The molecule has 2 aromatic rings. The number of carbonyl (C=O) groups is 2. The summed E-state index contributed by atoms with van der Waals surface area (Å²) in [6.45, 7) is 6.43. The maximum atomic E-state index is 12.5. The summed E-state index contributed by atoms with van der Waals surface area (Å²) >= 11 is 6.70. The van der Waals surface area contributed by atoms with E-state index in [1.807, 2.05) is 30.3 Å². The van der Waals surface area contributed by atoms with E-state index in [1.54, 1.807) is 12.1 Å². The van der Waals surface area contributed by atoms with Gasteiger partial charge in [-0.05, 0) is 34.7 Å². The fourth-order valence-corrected chi connectivity index (χ4v) is 3.82. The molecule has 26 heavy (non-hydrogen) atoms. The average Bonchev–Trinajstić information content (AvgIpc) is 2.52. The number of hydrogen-bond acceptors (Lipinski definition) is 2. The number of hydrogen-bond donors (Lipinski definition) is 2. The van der Waals surface area contributed by atoms with E-state index < -0.39 is 11.9 Å². The molecule has 138 valence electrons. The van der Waals surface area contributed by atoms with Crippen LogP contribution in [-0.2, 0) is 16.6 Å². The van der Waals surface area contributed by atoms with Crippen molar-refractivity contribution in [2.45, 2.75) is 38.6 Å². The number of benzene rings is 2. The molecule has 0 aliphatic rings. The number of halogens is 2. The predicted molar refractivity (Wildman–Crippen MR) is 111 cm³/mol. The fourth-order valence-electron chi connectivity index (χ4n) is 2.53. The topological polar surface area (TPSA) is 72.2 Å². The molecule has 0 saturated heterocycles. The molecule has 2 rings (SSSR count). The molecule has 0 spiro atoms. The van der Waals surface area contributed by atoms with Crippen molar-refractivity contribution in [3.8, 4) is 0 Å². The lowest BCUT2D eigenvalue weighted by Gasteiger charge is -2.20. The van der Waals surface area contributed by atoms with Crippen molar-refractivity contribution in [3.05, 3.63) is 68.1 Å². The number of carbonyl (C=O) groups excluding carboxylic acids is 2. The zero-order valence-electron chi connectivity index (χ0n) is 15.0. The van der Waals surface area contributed by atoms with Crippen LogP contribution in [0, 0.1) is 0 Å². The molecule has 0 aliphatic carbocycles. The van der Waals surface area contributed by atoms with Crippen LogP contribution >= 0.6 is 31.9 Å². The second-order valence-corrected chi connectivity index (χ2v) is 9.07. The van der Waals surface area contributed by atoms with E-state index in [0.717, 1.165) is 14.5 Å². The molecule has 0 radical (unpaired) electrons. The van der Waals surface area contributed by atoms with Crippen LogP contribution in [0.3, 0.4) is 0 Å². The van der Waals surface area contributed by atoms with E-state index in [9.17, 15) is 9.59 Å². The van der Waals surface area contributed by atoms with Crippen molar-refractivity contribution in [1.82, 2.24) is 5.32 Å². The predicted octanol–water partition coefficient (Wildman–Crippen LogP) is 4.34. The molecular formula is C20H22Br2N2O2. The second kappa shape index (κ2) is 8.35. The molecule has 2 amide bonds.